The van der Waals surface area contributed by atoms with Crippen molar-refractivity contribution in [1.82, 2.24) is 4.90 Å². The Hall–Kier alpha value is -1.99. The summed E-state index contributed by atoms with van der Waals surface area (Å²) in [6.07, 6.45) is 0.955. The number of rotatable bonds is 4. The molecule has 0 atom stereocenters. The number of nitrogens with zero attached hydrogens (tertiary/aromatic N) is 2. The lowest BCUT2D eigenvalue weighted by Crippen LogP contribution is -2.26. The van der Waals surface area contributed by atoms with Crippen LogP contribution in [0.4, 0.5) is 5.69 Å². The molecular formula is C14H18N2O5. The first kappa shape index (κ1) is 15.4. The van der Waals surface area contributed by atoms with Gasteiger partial charge in [-0.15, -0.1) is 0 Å². The van der Waals surface area contributed by atoms with Gasteiger partial charge in [-0.1, -0.05) is 6.07 Å². The molecular weight excluding hydrogens is 276 g/mol. The molecule has 0 aromatic heterocycles. The summed E-state index contributed by atoms with van der Waals surface area (Å²) in [5, 5.41) is 11.0. The van der Waals surface area contributed by atoms with E-state index in [4.69, 9.17) is 4.74 Å². The fourth-order valence-electron chi connectivity index (χ4n) is 2.33. The van der Waals surface area contributed by atoms with Gasteiger partial charge in [0.1, 0.15) is 5.56 Å². The van der Waals surface area contributed by atoms with Crippen LogP contribution in [0.15, 0.2) is 18.2 Å². The lowest BCUT2D eigenvalue weighted by Gasteiger charge is -2.19. The minimum atomic E-state index is -0.692. The quantitative estimate of drug-likeness (QED) is 0.476. The Morgan fingerprint density at radius 3 is 2.95 bits per heavy atom. The van der Waals surface area contributed by atoms with Crippen LogP contribution in [0.3, 0.4) is 0 Å². The molecule has 0 bridgehead atoms. The molecule has 1 fully saturated rings. The first-order chi connectivity index (χ1) is 10.1. The van der Waals surface area contributed by atoms with Crippen LogP contribution in [0.2, 0.25) is 0 Å². The van der Waals surface area contributed by atoms with Crippen LogP contribution in [0, 0.1) is 10.1 Å². The highest BCUT2D eigenvalue weighted by Gasteiger charge is 2.21. The van der Waals surface area contributed by atoms with E-state index in [2.05, 4.69) is 9.64 Å². The van der Waals surface area contributed by atoms with E-state index in [9.17, 15) is 14.9 Å². The Morgan fingerprint density at radius 2 is 2.24 bits per heavy atom. The van der Waals surface area contributed by atoms with Crippen molar-refractivity contribution >= 4 is 11.7 Å². The van der Waals surface area contributed by atoms with Crippen molar-refractivity contribution < 1.29 is 19.2 Å². The van der Waals surface area contributed by atoms with Crippen LogP contribution in [0.1, 0.15) is 22.3 Å². The molecule has 1 heterocycles. The molecule has 0 spiro atoms. The van der Waals surface area contributed by atoms with Crippen molar-refractivity contribution in [3.63, 3.8) is 0 Å². The second kappa shape index (κ2) is 7.14. The first-order valence-electron chi connectivity index (χ1n) is 6.77. The molecule has 1 saturated heterocycles. The van der Waals surface area contributed by atoms with Gasteiger partial charge in [-0.25, -0.2) is 4.79 Å². The molecule has 1 aromatic carbocycles. The fourth-order valence-corrected chi connectivity index (χ4v) is 2.33. The minimum absolute atomic E-state index is 0.00827. The number of methoxy groups -OCH3 is 1. The van der Waals surface area contributed by atoms with Gasteiger partial charge in [-0.05, 0) is 18.1 Å². The lowest BCUT2D eigenvalue weighted by molar-refractivity contribution is -0.385. The number of ether oxygens (including phenoxy) is 2. The molecule has 2 rings (SSSR count). The average molecular weight is 294 g/mol. The van der Waals surface area contributed by atoms with E-state index in [1.165, 1.54) is 19.2 Å². The third kappa shape index (κ3) is 3.99. The van der Waals surface area contributed by atoms with E-state index in [0.29, 0.717) is 13.2 Å². The average Bonchev–Trinajstić information content (AvgIpc) is 2.74. The SMILES string of the molecule is COC(=O)c1cc(CN2CCCOCC2)ccc1[N+](=O)[O-]. The highest BCUT2D eigenvalue weighted by Crippen LogP contribution is 2.22. The van der Waals surface area contributed by atoms with E-state index >= 15 is 0 Å². The largest absolute Gasteiger partial charge is 0.465 e. The van der Waals surface area contributed by atoms with Crippen LogP contribution in [0.25, 0.3) is 0 Å². The smallest absolute Gasteiger partial charge is 0.344 e. The predicted molar refractivity (Wildman–Crippen MR) is 75.1 cm³/mol. The van der Waals surface area contributed by atoms with Gasteiger partial charge in [-0.3, -0.25) is 15.0 Å². The summed E-state index contributed by atoms with van der Waals surface area (Å²) < 4.78 is 10.0. The van der Waals surface area contributed by atoms with Crippen molar-refractivity contribution in [2.24, 2.45) is 0 Å². The Kier molecular flexibility index (Phi) is 5.24. The Labute approximate surface area is 122 Å². The van der Waals surface area contributed by atoms with Gasteiger partial charge in [0.25, 0.3) is 5.69 Å². The maximum Gasteiger partial charge on any atom is 0.344 e. The normalized spacial score (nSPS) is 16.2. The molecule has 7 heteroatoms. The molecule has 0 amide bonds. The number of carbonyl (C=O) groups excluding carboxylic acids is 1. The summed E-state index contributed by atoms with van der Waals surface area (Å²) in [6.45, 7) is 3.78. The molecule has 1 aliphatic heterocycles. The van der Waals surface area contributed by atoms with E-state index in [1.807, 2.05) is 0 Å². The molecule has 1 aliphatic rings. The molecule has 114 valence electrons. The molecule has 7 nitrogen and oxygen atoms in total. The van der Waals surface area contributed by atoms with Gasteiger partial charge in [0.2, 0.25) is 0 Å². The van der Waals surface area contributed by atoms with E-state index in [0.717, 1.165) is 31.7 Å². The number of esters is 1. The van der Waals surface area contributed by atoms with Gasteiger partial charge in [0.05, 0.1) is 18.6 Å². The van der Waals surface area contributed by atoms with Crippen LogP contribution >= 0.6 is 0 Å². The number of hydrogen-bond donors (Lipinski definition) is 0. The number of carbonyl (C=O) groups is 1. The second-order valence-corrected chi connectivity index (χ2v) is 4.84. The third-order valence-corrected chi connectivity index (χ3v) is 3.38. The number of hydrogen-bond acceptors (Lipinski definition) is 6. The van der Waals surface area contributed by atoms with Gasteiger partial charge in [-0.2, -0.15) is 0 Å². The van der Waals surface area contributed by atoms with Gasteiger partial charge >= 0.3 is 5.97 Å². The van der Waals surface area contributed by atoms with Gasteiger partial charge < -0.3 is 9.47 Å². The van der Waals surface area contributed by atoms with Gasteiger partial charge in [0, 0.05) is 32.3 Å². The summed E-state index contributed by atoms with van der Waals surface area (Å²) in [7, 11) is 1.21. The zero-order valence-corrected chi connectivity index (χ0v) is 11.9. The van der Waals surface area contributed by atoms with Crippen molar-refractivity contribution in [2.75, 3.05) is 33.4 Å². The zero-order valence-electron chi connectivity index (χ0n) is 11.9. The second-order valence-electron chi connectivity index (χ2n) is 4.84. The number of nitro groups is 1. The lowest BCUT2D eigenvalue weighted by atomic mass is 10.1. The Morgan fingerprint density at radius 1 is 1.43 bits per heavy atom. The van der Waals surface area contributed by atoms with Crippen molar-refractivity contribution in [1.29, 1.82) is 0 Å². The zero-order chi connectivity index (χ0) is 15.2. The number of nitro benzene ring substituents is 1. The molecule has 0 saturated carbocycles. The summed E-state index contributed by atoms with van der Waals surface area (Å²) >= 11 is 0. The minimum Gasteiger partial charge on any atom is -0.465 e. The molecule has 0 aliphatic carbocycles. The Bertz CT molecular complexity index is 524. The van der Waals surface area contributed by atoms with Crippen LogP contribution < -0.4 is 0 Å². The molecule has 0 radical (unpaired) electrons. The van der Waals surface area contributed by atoms with Crippen molar-refractivity contribution in [2.45, 2.75) is 13.0 Å². The summed E-state index contributed by atoms with van der Waals surface area (Å²) in [4.78, 5) is 24.3. The topological polar surface area (TPSA) is 81.9 Å². The summed E-state index contributed by atoms with van der Waals surface area (Å²) in [5.74, 6) is -0.692. The predicted octanol–water partition coefficient (Wildman–Crippen LogP) is 1.60. The standard InChI is InChI=1S/C14H18N2O5/c1-20-14(17)12-9-11(3-4-13(12)16(18)19)10-15-5-2-7-21-8-6-15/h3-4,9H,2,5-8,10H2,1H3. The maximum absolute atomic E-state index is 11.7. The molecule has 21 heavy (non-hydrogen) atoms. The van der Waals surface area contributed by atoms with Gasteiger partial charge in [0.15, 0.2) is 0 Å². The highest BCUT2D eigenvalue weighted by atomic mass is 16.6. The maximum atomic E-state index is 11.7. The van der Waals surface area contributed by atoms with Crippen LogP contribution in [0.5, 0.6) is 0 Å². The number of benzene rings is 1. The van der Waals surface area contributed by atoms with Crippen molar-refractivity contribution in [3.05, 3.63) is 39.4 Å². The van der Waals surface area contributed by atoms with E-state index in [-0.39, 0.29) is 11.3 Å². The molecule has 0 N–H and O–H groups in total. The highest BCUT2D eigenvalue weighted by molar-refractivity contribution is 5.94. The van der Waals surface area contributed by atoms with Crippen LogP contribution in [-0.4, -0.2) is 49.2 Å². The van der Waals surface area contributed by atoms with E-state index in [1.54, 1.807) is 6.07 Å². The van der Waals surface area contributed by atoms with Crippen molar-refractivity contribution in [3.8, 4) is 0 Å². The molecule has 0 unspecified atom stereocenters. The van der Waals surface area contributed by atoms with Crippen LogP contribution in [-0.2, 0) is 16.0 Å². The fraction of sp³-hybridized carbons (Fsp3) is 0.500. The third-order valence-electron chi connectivity index (χ3n) is 3.38. The first-order valence-corrected chi connectivity index (χ1v) is 6.77. The Balaban J connectivity index is 2.20. The summed E-state index contributed by atoms with van der Waals surface area (Å²) in [5.41, 5.74) is 0.610. The monoisotopic (exact) mass is 294 g/mol. The summed E-state index contributed by atoms with van der Waals surface area (Å²) in [6, 6.07) is 4.57. The molecule has 1 aromatic rings. The van der Waals surface area contributed by atoms with E-state index < -0.39 is 10.9 Å².